The van der Waals surface area contributed by atoms with Gasteiger partial charge in [0.1, 0.15) is 0 Å². The molecule has 1 aromatic rings. The Morgan fingerprint density at radius 2 is 2.07 bits per heavy atom. The molecule has 0 aliphatic carbocycles. The molecule has 0 bridgehead atoms. The summed E-state index contributed by atoms with van der Waals surface area (Å²) in [5, 5.41) is 0. The van der Waals surface area contributed by atoms with Crippen LogP contribution in [0.2, 0.25) is 0 Å². The summed E-state index contributed by atoms with van der Waals surface area (Å²) in [5.74, 6) is 5.71. The topological polar surface area (TPSA) is 80.9 Å². The van der Waals surface area contributed by atoms with Gasteiger partial charge >= 0.3 is 5.69 Å². The molecule has 0 aliphatic rings. The zero-order valence-corrected chi connectivity index (χ0v) is 8.57. The summed E-state index contributed by atoms with van der Waals surface area (Å²) in [6, 6.07) is 0. The van der Waals surface area contributed by atoms with Crippen LogP contribution in [0.3, 0.4) is 0 Å². The lowest BCUT2D eigenvalue weighted by atomic mass is 10.4. The van der Waals surface area contributed by atoms with Crippen LogP contribution in [-0.4, -0.2) is 28.2 Å². The van der Waals surface area contributed by atoms with Gasteiger partial charge in [-0.2, -0.15) is 5.84 Å². The first kappa shape index (κ1) is 10.7. The van der Waals surface area contributed by atoms with Gasteiger partial charge in [-0.1, -0.05) is 0 Å². The number of nitrogens with two attached hydrogens (primary N) is 1. The molecule has 0 fully saturated rings. The predicted octanol–water partition coefficient (Wildman–Crippen LogP) is -1.25. The maximum absolute atomic E-state index is 11.3. The lowest BCUT2D eigenvalue weighted by Crippen LogP contribution is -2.50. The van der Waals surface area contributed by atoms with E-state index in [9.17, 15) is 9.59 Å². The highest BCUT2D eigenvalue weighted by molar-refractivity contribution is 5.00. The lowest BCUT2D eigenvalue weighted by Gasteiger charge is -2.22. The predicted molar refractivity (Wildman–Crippen MR) is 52.4 cm³/mol. The van der Waals surface area contributed by atoms with Gasteiger partial charge in [-0.15, -0.1) is 0 Å². The van der Waals surface area contributed by atoms with E-state index in [0.29, 0.717) is 12.2 Å². The molecule has 1 rings (SSSR count). The van der Waals surface area contributed by atoms with Crippen LogP contribution in [0.1, 0.15) is 5.56 Å². The SMILES string of the molecule is Cc1cn(C[N+](C)(C)N)c(=O)[nH]c1=O. The number of nitrogens with one attached hydrogen (secondary N) is 1. The summed E-state index contributed by atoms with van der Waals surface area (Å²) in [6.45, 7) is 1.96. The Labute approximate surface area is 81.1 Å². The van der Waals surface area contributed by atoms with Crippen LogP contribution in [0, 0.1) is 6.92 Å². The van der Waals surface area contributed by atoms with Crippen LogP contribution in [0.25, 0.3) is 0 Å². The molecule has 0 radical (unpaired) electrons. The lowest BCUT2D eigenvalue weighted by molar-refractivity contribution is -0.924. The van der Waals surface area contributed by atoms with E-state index in [-0.39, 0.29) is 10.2 Å². The Morgan fingerprint density at radius 1 is 1.50 bits per heavy atom. The fourth-order valence-corrected chi connectivity index (χ4v) is 1.12. The molecule has 0 atom stereocenters. The average Bonchev–Trinajstić information content (AvgIpc) is 1.97. The van der Waals surface area contributed by atoms with Gasteiger partial charge in [-0.25, -0.2) is 9.39 Å². The first-order chi connectivity index (χ1) is 6.29. The van der Waals surface area contributed by atoms with E-state index in [4.69, 9.17) is 5.84 Å². The van der Waals surface area contributed by atoms with Gasteiger partial charge in [0, 0.05) is 11.8 Å². The second-order valence-electron chi connectivity index (χ2n) is 3.96. The number of H-pyrrole nitrogens is 1. The van der Waals surface area contributed by atoms with Crippen molar-refractivity contribution in [1.29, 1.82) is 0 Å². The van der Waals surface area contributed by atoms with E-state index >= 15 is 0 Å². The maximum atomic E-state index is 11.3. The number of hydrogen-bond donors (Lipinski definition) is 2. The van der Waals surface area contributed by atoms with Gasteiger partial charge < -0.3 is 0 Å². The van der Waals surface area contributed by atoms with Crippen molar-refractivity contribution in [3.05, 3.63) is 32.6 Å². The first-order valence-electron chi connectivity index (χ1n) is 4.21. The number of aromatic nitrogens is 2. The van der Waals surface area contributed by atoms with Gasteiger partial charge in [0.15, 0.2) is 6.67 Å². The summed E-state index contributed by atoms with van der Waals surface area (Å²) in [6.07, 6.45) is 1.51. The number of aryl methyl sites for hydroxylation is 1. The maximum Gasteiger partial charge on any atom is 0.332 e. The third-order valence-corrected chi connectivity index (χ3v) is 1.71. The molecule has 6 heteroatoms. The van der Waals surface area contributed by atoms with E-state index in [1.165, 1.54) is 10.8 Å². The molecule has 0 spiro atoms. The van der Waals surface area contributed by atoms with Gasteiger partial charge in [0.25, 0.3) is 5.56 Å². The third kappa shape index (κ3) is 2.54. The Balaban J connectivity index is 3.18. The largest absolute Gasteiger partial charge is 0.332 e. The summed E-state index contributed by atoms with van der Waals surface area (Å²) in [7, 11) is 3.51. The first-order valence-corrected chi connectivity index (χ1v) is 4.21. The molecule has 0 aromatic carbocycles. The van der Waals surface area contributed by atoms with Crippen LogP contribution >= 0.6 is 0 Å². The third-order valence-electron chi connectivity index (χ3n) is 1.71. The number of hydrogen-bond acceptors (Lipinski definition) is 3. The molecule has 1 aromatic heterocycles. The number of aromatic amines is 1. The fraction of sp³-hybridized carbons (Fsp3) is 0.500. The smallest absolute Gasteiger partial charge is 0.274 e. The van der Waals surface area contributed by atoms with Crippen molar-refractivity contribution >= 4 is 0 Å². The fourth-order valence-electron chi connectivity index (χ4n) is 1.12. The zero-order chi connectivity index (χ0) is 10.9. The van der Waals surface area contributed by atoms with Gasteiger partial charge in [-0.3, -0.25) is 14.3 Å². The van der Waals surface area contributed by atoms with E-state index in [1.807, 2.05) is 0 Å². The van der Waals surface area contributed by atoms with E-state index < -0.39 is 5.69 Å². The van der Waals surface area contributed by atoms with E-state index in [2.05, 4.69) is 4.98 Å². The zero-order valence-electron chi connectivity index (χ0n) is 8.57. The van der Waals surface area contributed by atoms with Crippen molar-refractivity contribution in [2.75, 3.05) is 14.1 Å². The molecule has 0 saturated carbocycles. The van der Waals surface area contributed by atoms with Crippen molar-refractivity contribution in [1.82, 2.24) is 9.55 Å². The summed E-state index contributed by atoms with van der Waals surface area (Å²) < 4.78 is 1.52. The summed E-state index contributed by atoms with van der Waals surface area (Å²) >= 11 is 0. The normalized spacial score (nSPS) is 11.7. The average molecular weight is 199 g/mol. The molecule has 0 amide bonds. The molecular formula is C8H15N4O2+. The van der Waals surface area contributed by atoms with Gasteiger partial charge in [0.2, 0.25) is 0 Å². The second-order valence-corrected chi connectivity index (χ2v) is 3.96. The monoisotopic (exact) mass is 199 g/mol. The quantitative estimate of drug-likeness (QED) is 0.355. The number of nitrogens with zero attached hydrogens (tertiary/aromatic N) is 2. The molecule has 1 heterocycles. The molecule has 3 N–H and O–H groups in total. The minimum Gasteiger partial charge on any atom is -0.274 e. The molecule has 0 saturated heterocycles. The highest BCUT2D eigenvalue weighted by atomic mass is 16.2. The Kier molecular flexibility index (Phi) is 2.59. The highest BCUT2D eigenvalue weighted by Gasteiger charge is 2.11. The minimum atomic E-state index is -0.433. The van der Waals surface area contributed by atoms with Crippen molar-refractivity contribution in [3.8, 4) is 0 Å². The Hall–Kier alpha value is -1.40. The van der Waals surface area contributed by atoms with Crippen molar-refractivity contribution in [2.24, 2.45) is 5.84 Å². The van der Waals surface area contributed by atoms with Crippen LogP contribution < -0.4 is 17.1 Å². The number of rotatable bonds is 2. The van der Waals surface area contributed by atoms with Crippen LogP contribution in [0.4, 0.5) is 0 Å². The van der Waals surface area contributed by atoms with Crippen molar-refractivity contribution in [2.45, 2.75) is 13.6 Å². The van der Waals surface area contributed by atoms with Crippen molar-refractivity contribution in [3.63, 3.8) is 0 Å². The summed E-state index contributed by atoms with van der Waals surface area (Å²) in [4.78, 5) is 24.6. The molecule has 78 valence electrons. The van der Waals surface area contributed by atoms with Gasteiger partial charge in [0.05, 0.1) is 14.1 Å². The van der Waals surface area contributed by atoms with Gasteiger partial charge in [-0.05, 0) is 6.92 Å². The van der Waals surface area contributed by atoms with Crippen LogP contribution in [0.5, 0.6) is 0 Å². The van der Waals surface area contributed by atoms with E-state index in [0.717, 1.165) is 0 Å². The Morgan fingerprint density at radius 3 is 2.57 bits per heavy atom. The molecule has 0 aliphatic heterocycles. The van der Waals surface area contributed by atoms with Crippen LogP contribution in [-0.2, 0) is 6.67 Å². The van der Waals surface area contributed by atoms with Crippen LogP contribution in [0.15, 0.2) is 15.8 Å². The molecule has 14 heavy (non-hydrogen) atoms. The number of quaternary nitrogens is 1. The Bertz CT molecular complexity index is 438. The molecular weight excluding hydrogens is 184 g/mol. The molecule has 0 unspecified atom stereocenters. The standard InChI is InChI=1S/C8H14N4O2/c1-6-4-11(5-12(2,3)9)8(14)10-7(6)13/h4H,5,9H2,1-3H3/p+1. The second kappa shape index (κ2) is 3.39. The van der Waals surface area contributed by atoms with E-state index in [1.54, 1.807) is 21.0 Å². The highest BCUT2D eigenvalue weighted by Crippen LogP contribution is 1.90. The molecule has 6 nitrogen and oxygen atoms in total. The van der Waals surface area contributed by atoms with Crippen molar-refractivity contribution < 1.29 is 4.59 Å². The summed E-state index contributed by atoms with van der Waals surface area (Å²) in [5.41, 5.74) is -0.288. The minimum absolute atomic E-state index is 0.130.